The topological polar surface area (TPSA) is 17.8 Å². The Kier molecular flexibility index (Phi) is 10.5. The van der Waals surface area contributed by atoms with Crippen LogP contribution < -0.4 is 0 Å². The van der Waals surface area contributed by atoms with Gasteiger partial charge in [-0.05, 0) is 25.0 Å². The highest BCUT2D eigenvalue weighted by atomic mass is 32.2. The highest BCUT2D eigenvalue weighted by molar-refractivity contribution is 8.19. The van der Waals surface area contributed by atoms with Crippen molar-refractivity contribution >= 4 is 23.5 Å². The number of hydrogen-bond acceptors (Lipinski definition) is 3. The van der Waals surface area contributed by atoms with Crippen molar-refractivity contribution in [2.75, 3.05) is 5.75 Å². The first kappa shape index (κ1) is 21.2. The minimum Gasteiger partial charge on any atom is -0.335 e. The Morgan fingerprint density at radius 2 is 1.76 bits per heavy atom. The molecule has 0 aliphatic carbocycles. The summed E-state index contributed by atoms with van der Waals surface area (Å²) in [6.45, 7) is 5.77. The summed E-state index contributed by atoms with van der Waals surface area (Å²) in [4.78, 5) is 4.25. The predicted molar refractivity (Wildman–Crippen MR) is 116 cm³/mol. The molecule has 0 radical (unpaired) electrons. The zero-order valence-electron chi connectivity index (χ0n) is 16.4. The maximum Gasteiger partial charge on any atom is 0.0946 e. The molecule has 25 heavy (non-hydrogen) atoms. The second-order valence-electron chi connectivity index (χ2n) is 7.51. The number of aromatic nitrogens is 2. The average Bonchev–Trinajstić information content (AvgIpc) is 3.13. The molecule has 0 spiro atoms. The van der Waals surface area contributed by atoms with Gasteiger partial charge in [0.15, 0.2) is 0 Å². The van der Waals surface area contributed by atoms with E-state index in [9.17, 15) is 0 Å². The van der Waals surface area contributed by atoms with Crippen molar-refractivity contribution in [3.05, 3.63) is 18.7 Å². The number of hydrogen-bond donors (Lipinski definition) is 0. The van der Waals surface area contributed by atoms with Crippen molar-refractivity contribution in [3.63, 3.8) is 0 Å². The summed E-state index contributed by atoms with van der Waals surface area (Å²) < 4.78 is 2.67. The fourth-order valence-electron chi connectivity index (χ4n) is 3.72. The van der Waals surface area contributed by atoms with Crippen molar-refractivity contribution in [3.8, 4) is 0 Å². The number of rotatable bonds is 13. The average molecular weight is 383 g/mol. The molecule has 2 nitrogen and oxygen atoms in total. The smallest absolute Gasteiger partial charge is 0.0946 e. The zero-order valence-corrected chi connectivity index (χ0v) is 18.1. The summed E-state index contributed by atoms with van der Waals surface area (Å²) in [6, 6.07) is 0. The predicted octanol–water partition coefficient (Wildman–Crippen LogP) is 7.15. The van der Waals surface area contributed by atoms with Gasteiger partial charge in [0.05, 0.1) is 10.4 Å². The summed E-state index contributed by atoms with van der Waals surface area (Å²) in [5.74, 6) is 1.33. The molecule has 4 heteroatoms. The van der Waals surface area contributed by atoms with Gasteiger partial charge in [-0.15, -0.1) is 23.5 Å². The molecule has 2 unspecified atom stereocenters. The number of unbranched alkanes of at least 4 members (excludes halogenated alkanes) is 8. The first-order valence-electron chi connectivity index (χ1n) is 10.6. The molecule has 0 N–H and O–H groups in total. The van der Waals surface area contributed by atoms with Crippen molar-refractivity contribution in [1.82, 2.24) is 9.55 Å². The van der Waals surface area contributed by atoms with Gasteiger partial charge < -0.3 is 4.57 Å². The Balaban J connectivity index is 1.71. The lowest BCUT2D eigenvalue weighted by molar-refractivity contribution is 0.518. The van der Waals surface area contributed by atoms with Crippen LogP contribution in [0.1, 0.15) is 90.9 Å². The number of nitrogens with zero attached hydrogens (tertiary/aromatic N) is 2. The second-order valence-corrected chi connectivity index (χ2v) is 10.9. The van der Waals surface area contributed by atoms with Crippen LogP contribution in [0.5, 0.6) is 0 Å². The van der Waals surface area contributed by atoms with E-state index in [1.807, 2.05) is 12.5 Å². The molecule has 1 aliphatic heterocycles. The molecule has 0 amide bonds. The molecule has 2 rings (SSSR count). The van der Waals surface area contributed by atoms with E-state index in [1.54, 1.807) is 0 Å². The Bertz CT molecular complexity index is 435. The monoisotopic (exact) mass is 382 g/mol. The Morgan fingerprint density at radius 3 is 2.40 bits per heavy atom. The lowest BCUT2D eigenvalue weighted by atomic mass is 10.1. The Morgan fingerprint density at radius 1 is 1.04 bits per heavy atom. The zero-order chi connectivity index (χ0) is 17.8. The molecule has 0 bridgehead atoms. The van der Waals surface area contributed by atoms with Gasteiger partial charge in [-0.3, -0.25) is 0 Å². The van der Waals surface area contributed by atoms with Crippen LogP contribution in [0.25, 0.3) is 0 Å². The molecule has 144 valence electrons. The van der Waals surface area contributed by atoms with Gasteiger partial charge in [0.1, 0.15) is 0 Å². The first-order valence-corrected chi connectivity index (χ1v) is 12.4. The maximum absolute atomic E-state index is 4.25. The number of thioether (sulfide) groups is 2. The SMILES string of the molecule is CCCCCCCCCCCC1(Cn2ccnc2)SCCC(CC)S1. The summed E-state index contributed by atoms with van der Waals surface area (Å²) in [6.07, 6.45) is 22.9. The largest absolute Gasteiger partial charge is 0.335 e. The van der Waals surface area contributed by atoms with E-state index in [2.05, 4.69) is 53.1 Å². The number of imidazole rings is 1. The van der Waals surface area contributed by atoms with Crippen LogP contribution in [-0.4, -0.2) is 24.6 Å². The third-order valence-corrected chi connectivity index (χ3v) is 8.89. The molecule has 1 aliphatic rings. The van der Waals surface area contributed by atoms with Gasteiger partial charge in [-0.1, -0.05) is 71.6 Å². The fourth-order valence-corrected chi connectivity index (χ4v) is 7.60. The summed E-state index contributed by atoms with van der Waals surface area (Å²) >= 11 is 4.49. The molecule has 1 aromatic rings. The molecular formula is C21H38N2S2. The van der Waals surface area contributed by atoms with Crippen molar-refractivity contribution < 1.29 is 0 Å². The van der Waals surface area contributed by atoms with Crippen LogP contribution in [0.3, 0.4) is 0 Å². The van der Waals surface area contributed by atoms with E-state index in [4.69, 9.17) is 0 Å². The standard InChI is InChI=1S/C21H38N2S2/c1-3-5-6-7-8-9-10-11-12-14-21(18-23-16-15-22-19-23)24-17-13-20(4-2)25-21/h15-16,19-20H,3-14,17-18H2,1-2H3. The molecule has 1 aromatic heterocycles. The third kappa shape index (κ3) is 7.99. The fraction of sp³-hybridized carbons (Fsp3) is 0.857. The second kappa shape index (κ2) is 12.3. The molecule has 2 atom stereocenters. The lowest BCUT2D eigenvalue weighted by Gasteiger charge is -2.40. The van der Waals surface area contributed by atoms with Gasteiger partial charge in [0, 0.05) is 24.2 Å². The van der Waals surface area contributed by atoms with E-state index in [0.717, 1.165) is 11.8 Å². The quantitative estimate of drug-likeness (QED) is 0.337. The van der Waals surface area contributed by atoms with Gasteiger partial charge in [-0.25, -0.2) is 4.98 Å². The van der Waals surface area contributed by atoms with E-state index in [1.165, 1.54) is 82.8 Å². The van der Waals surface area contributed by atoms with Crippen molar-refractivity contribution in [2.45, 2.75) is 107 Å². The van der Waals surface area contributed by atoms with Crippen LogP contribution in [-0.2, 0) is 6.54 Å². The van der Waals surface area contributed by atoms with Crippen LogP contribution >= 0.6 is 23.5 Å². The van der Waals surface area contributed by atoms with Gasteiger partial charge >= 0.3 is 0 Å². The molecule has 1 saturated heterocycles. The minimum atomic E-state index is 0.376. The van der Waals surface area contributed by atoms with Gasteiger partial charge in [0.25, 0.3) is 0 Å². The lowest BCUT2D eigenvalue weighted by Crippen LogP contribution is -2.33. The van der Waals surface area contributed by atoms with E-state index >= 15 is 0 Å². The van der Waals surface area contributed by atoms with Crippen molar-refractivity contribution in [2.24, 2.45) is 0 Å². The normalized spacial score (nSPS) is 23.8. The van der Waals surface area contributed by atoms with Crippen LogP contribution in [0.4, 0.5) is 0 Å². The van der Waals surface area contributed by atoms with Gasteiger partial charge in [0.2, 0.25) is 0 Å². The van der Waals surface area contributed by atoms with Crippen LogP contribution in [0, 0.1) is 0 Å². The minimum absolute atomic E-state index is 0.376. The Labute approximate surface area is 164 Å². The van der Waals surface area contributed by atoms with E-state index < -0.39 is 0 Å². The highest BCUT2D eigenvalue weighted by Crippen LogP contribution is 2.50. The molecule has 0 aromatic carbocycles. The molecule has 2 heterocycles. The van der Waals surface area contributed by atoms with Crippen LogP contribution in [0.2, 0.25) is 0 Å². The molecular weight excluding hydrogens is 344 g/mol. The van der Waals surface area contributed by atoms with Crippen LogP contribution in [0.15, 0.2) is 18.7 Å². The Hall–Kier alpha value is -0.0900. The van der Waals surface area contributed by atoms with Crippen molar-refractivity contribution in [1.29, 1.82) is 0 Å². The highest BCUT2D eigenvalue weighted by Gasteiger charge is 2.37. The molecule has 0 saturated carbocycles. The van der Waals surface area contributed by atoms with E-state index in [-0.39, 0.29) is 0 Å². The first-order chi connectivity index (χ1) is 12.3. The molecule has 1 fully saturated rings. The summed E-state index contributed by atoms with van der Waals surface area (Å²) in [5.41, 5.74) is 0. The summed E-state index contributed by atoms with van der Waals surface area (Å²) in [7, 11) is 0. The van der Waals surface area contributed by atoms with E-state index in [0.29, 0.717) is 4.08 Å². The van der Waals surface area contributed by atoms with Gasteiger partial charge in [-0.2, -0.15) is 0 Å². The summed E-state index contributed by atoms with van der Waals surface area (Å²) in [5, 5.41) is 0.850. The maximum atomic E-state index is 4.25. The third-order valence-electron chi connectivity index (χ3n) is 5.29.